The highest BCUT2D eigenvalue weighted by Crippen LogP contribution is 2.38. The topological polar surface area (TPSA) is 80.6 Å². The van der Waals surface area contributed by atoms with Crippen molar-refractivity contribution in [2.75, 3.05) is 27.2 Å². The number of hydrogen-bond donors (Lipinski definition) is 1. The summed E-state index contributed by atoms with van der Waals surface area (Å²) in [6.45, 7) is 9.64. The van der Waals surface area contributed by atoms with Crippen LogP contribution in [0.4, 0.5) is 26.3 Å². The lowest BCUT2D eigenvalue weighted by molar-refractivity contribution is -0.144. The largest absolute Gasteiger partial charge is 0.466 e. The summed E-state index contributed by atoms with van der Waals surface area (Å²) in [5, 5.41) is 2.51. The second-order valence-electron chi connectivity index (χ2n) is 13.0. The molecular formula is C38H43F6N3O4. The minimum atomic E-state index is -4.84. The number of hydrogen-bond acceptors (Lipinski definition) is 5. The molecule has 0 fully saturated rings. The summed E-state index contributed by atoms with van der Waals surface area (Å²) >= 11 is 0. The third-order valence-electron chi connectivity index (χ3n) is 8.23. The Morgan fingerprint density at radius 1 is 1.02 bits per heavy atom. The van der Waals surface area contributed by atoms with E-state index in [1.807, 2.05) is 0 Å². The summed E-state index contributed by atoms with van der Waals surface area (Å²) in [4.78, 5) is 41.9. The fraction of sp³-hybridized carbons (Fsp3) is 0.447. The van der Waals surface area contributed by atoms with Crippen LogP contribution in [0.15, 0.2) is 35.3 Å². The SMILES string of the molecule is CC#Cc1cc(F)c(C(CC(=O)OCC)NC(=O)C(CC(C)C)n2cc(CCN(C)C)c(C(F)(F)F)cc2=O)c(F)c1-c1c(C)cc(F)cc1C. The molecule has 13 heteroatoms. The quantitative estimate of drug-likeness (QED) is 0.113. The van der Waals surface area contributed by atoms with E-state index in [4.69, 9.17) is 4.74 Å². The zero-order valence-corrected chi connectivity index (χ0v) is 29.9. The molecule has 0 spiro atoms. The normalized spacial score (nSPS) is 12.8. The Labute approximate surface area is 294 Å². The van der Waals surface area contributed by atoms with Gasteiger partial charge in [-0.05, 0) is 101 Å². The Morgan fingerprint density at radius 2 is 1.65 bits per heavy atom. The number of aryl methyl sites for hydroxylation is 2. The number of alkyl halides is 3. The van der Waals surface area contributed by atoms with Gasteiger partial charge < -0.3 is 19.5 Å². The molecule has 2 atom stereocenters. The third-order valence-corrected chi connectivity index (χ3v) is 8.23. The summed E-state index contributed by atoms with van der Waals surface area (Å²) in [5.74, 6) is 0.232. The molecule has 0 aliphatic carbocycles. The van der Waals surface area contributed by atoms with Crippen LogP contribution in [0.3, 0.4) is 0 Å². The van der Waals surface area contributed by atoms with Gasteiger partial charge in [-0.25, -0.2) is 13.2 Å². The van der Waals surface area contributed by atoms with Gasteiger partial charge in [0.15, 0.2) is 0 Å². The molecule has 0 saturated carbocycles. The standard InChI is InChI=1S/C38H43F6N3O4/c1-9-11-24-17-28(40)35(36(41)34(24)33-22(5)15-26(39)16-23(33)6)29(19-32(49)51-10-2)45-37(50)30(14-21(3)4)47-20-25(12-13-46(7)8)27(18-31(47)48)38(42,43)44/h15-18,20-21,29-30H,10,12-14,19H2,1-8H3,(H,45,50). The van der Waals surface area contributed by atoms with Gasteiger partial charge in [0.25, 0.3) is 5.56 Å². The molecule has 0 saturated heterocycles. The number of aromatic nitrogens is 1. The molecule has 3 aromatic rings. The van der Waals surface area contributed by atoms with E-state index in [2.05, 4.69) is 17.2 Å². The van der Waals surface area contributed by atoms with E-state index in [9.17, 15) is 31.9 Å². The fourth-order valence-corrected chi connectivity index (χ4v) is 6.05. The molecule has 1 N–H and O–H groups in total. The van der Waals surface area contributed by atoms with Crippen LogP contribution in [0.2, 0.25) is 0 Å². The van der Waals surface area contributed by atoms with E-state index in [0.29, 0.717) is 17.2 Å². The van der Waals surface area contributed by atoms with Crippen molar-refractivity contribution in [2.24, 2.45) is 5.92 Å². The summed E-state index contributed by atoms with van der Waals surface area (Å²) in [5.41, 5.74) is -2.55. The van der Waals surface area contributed by atoms with E-state index < -0.39 is 70.7 Å². The van der Waals surface area contributed by atoms with Crippen molar-refractivity contribution in [1.82, 2.24) is 14.8 Å². The molecule has 2 aromatic carbocycles. The second-order valence-corrected chi connectivity index (χ2v) is 13.0. The molecule has 0 radical (unpaired) electrons. The Balaban J connectivity index is 2.28. The van der Waals surface area contributed by atoms with Gasteiger partial charge in [-0.2, -0.15) is 13.2 Å². The van der Waals surface area contributed by atoms with Gasteiger partial charge >= 0.3 is 12.1 Å². The molecule has 0 bridgehead atoms. The average Bonchev–Trinajstić information content (AvgIpc) is 2.99. The van der Waals surface area contributed by atoms with Crippen LogP contribution in [0.5, 0.6) is 0 Å². The van der Waals surface area contributed by atoms with E-state index in [-0.39, 0.29) is 54.2 Å². The number of rotatable bonds is 13. The lowest BCUT2D eigenvalue weighted by atomic mass is 9.88. The van der Waals surface area contributed by atoms with E-state index in [1.54, 1.807) is 46.7 Å². The number of ether oxygens (including phenoxy) is 1. The molecular weight excluding hydrogens is 676 g/mol. The van der Waals surface area contributed by atoms with Crippen molar-refractivity contribution < 1.29 is 40.7 Å². The Hall–Kier alpha value is -4.57. The molecule has 1 aromatic heterocycles. The molecule has 7 nitrogen and oxygen atoms in total. The summed E-state index contributed by atoms with van der Waals surface area (Å²) in [6.07, 6.45) is -4.73. The van der Waals surface area contributed by atoms with Gasteiger partial charge in [-0.15, -0.1) is 5.92 Å². The number of nitrogens with one attached hydrogen (secondary N) is 1. The summed E-state index contributed by atoms with van der Waals surface area (Å²) < 4.78 is 95.1. The number of likely N-dealkylation sites (N-methyl/N-ethyl adjacent to an activating group) is 1. The van der Waals surface area contributed by atoms with Crippen LogP contribution in [0.1, 0.15) is 86.0 Å². The lowest BCUT2D eigenvalue weighted by Gasteiger charge is -2.27. The molecule has 2 unspecified atom stereocenters. The number of esters is 1. The minimum Gasteiger partial charge on any atom is -0.466 e. The summed E-state index contributed by atoms with van der Waals surface area (Å²) in [7, 11) is 3.34. The first kappa shape index (κ1) is 40.9. The van der Waals surface area contributed by atoms with Gasteiger partial charge in [-0.3, -0.25) is 14.4 Å². The van der Waals surface area contributed by atoms with E-state index >= 15 is 8.78 Å². The number of carbonyl (C=O) groups excluding carboxylic acids is 2. The zero-order chi connectivity index (χ0) is 38.4. The number of amides is 1. The number of nitrogens with zero attached hydrogens (tertiary/aromatic N) is 2. The first-order valence-electron chi connectivity index (χ1n) is 16.4. The Kier molecular flexibility index (Phi) is 13.7. The highest BCUT2D eigenvalue weighted by atomic mass is 19.4. The first-order chi connectivity index (χ1) is 23.8. The minimum absolute atomic E-state index is 0.0500. The maximum atomic E-state index is 16.9. The number of halogens is 6. The molecule has 1 amide bonds. The van der Waals surface area contributed by atoms with Gasteiger partial charge in [-0.1, -0.05) is 19.8 Å². The van der Waals surface area contributed by atoms with Crippen molar-refractivity contribution >= 4 is 11.9 Å². The lowest BCUT2D eigenvalue weighted by Crippen LogP contribution is -2.41. The Bertz CT molecular complexity index is 1870. The van der Waals surface area contributed by atoms with Crippen molar-refractivity contribution in [1.29, 1.82) is 0 Å². The Morgan fingerprint density at radius 3 is 2.18 bits per heavy atom. The highest BCUT2D eigenvalue weighted by Gasteiger charge is 2.37. The number of pyridine rings is 1. The number of carbonyl (C=O) groups is 2. The fourth-order valence-electron chi connectivity index (χ4n) is 6.05. The molecule has 1 heterocycles. The molecule has 0 aliphatic rings. The van der Waals surface area contributed by atoms with Crippen molar-refractivity contribution in [3.63, 3.8) is 0 Å². The van der Waals surface area contributed by atoms with Gasteiger partial charge in [0.1, 0.15) is 23.5 Å². The van der Waals surface area contributed by atoms with Crippen molar-refractivity contribution in [2.45, 2.75) is 79.1 Å². The summed E-state index contributed by atoms with van der Waals surface area (Å²) in [6, 6.07) is 0.620. The smallest absolute Gasteiger partial charge is 0.416 e. The molecule has 0 aliphatic heterocycles. The molecule has 276 valence electrons. The van der Waals surface area contributed by atoms with E-state index in [0.717, 1.165) is 16.8 Å². The third kappa shape index (κ3) is 10.0. The van der Waals surface area contributed by atoms with E-state index in [1.165, 1.54) is 26.0 Å². The van der Waals surface area contributed by atoms with Gasteiger partial charge in [0.2, 0.25) is 5.91 Å². The maximum absolute atomic E-state index is 16.9. The van der Waals surface area contributed by atoms with Crippen LogP contribution in [-0.2, 0) is 26.9 Å². The monoisotopic (exact) mass is 719 g/mol. The maximum Gasteiger partial charge on any atom is 0.416 e. The second kappa shape index (κ2) is 17.1. The predicted molar refractivity (Wildman–Crippen MR) is 182 cm³/mol. The van der Waals surface area contributed by atoms with Crippen molar-refractivity contribution in [3.05, 3.63) is 91.6 Å². The van der Waals surface area contributed by atoms with Gasteiger partial charge in [0, 0.05) is 35.5 Å². The molecule has 3 rings (SSSR count). The van der Waals surface area contributed by atoms with Crippen LogP contribution in [0, 0.1) is 49.1 Å². The first-order valence-corrected chi connectivity index (χ1v) is 16.4. The van der Waals surface area contributed by atoms with Crippen molar-refractivity contribution in [3.8, 4) is 23.0 Å². The highest BCUT2D eigenvalue weighted by molar-refractivity contribution is 5.83. The molecule has 51 heavy (non-hydrogen) atoms. The van der Waals surface area contributed by atoms with Gasteiger partial charge in [0.05, 0.1) is 24.6 Å². The zero-order valence-electron chi connectivity index (χ0n) is 29.9. The van der Waals surface area contributed by atoms with Crippen LogP contribution >= 0.6 is 0 Å². The van der Waals surface area contributed by atoms with Crippen LogP contribution in [0.25, 0.3) is 11.1 Å². The van der Waals surface area contributed by atoms with Crippen LogP contribution < -0.4 is 10.9 Å². The predicted octanol–water partition coefficient (Wildman–Crippen LogP) is 7.44. The number of benzene rings is 2. The average molecular weight is 720 g/mol. The van der Waals surface area contributed by atoms with Crippen LogP contribution in [-0.4, -0.2) is 48.6 Å².